The second-order valence-corrected chi connectivity index (χ2v) is 3.79. The number of hydrogen-bond acceptors (Lipinski definition) is 5. The van der Waals surface area contributed by atoms with Crippen LogP contribution < -0.4 is 4.74 Å². The van der Waals surface area contributed by atoms with Gasteiger partial charge < -0.3 is 25.2 Å². The Hall–Kier alpha value is -1.51. The molecule has 0 fully saturated rings. The third-order valence-corrected chi connectivity index (χ3v) is 2.34. The van der Waals surface area contributed by atoms with Crippen molar-refractivity contribution in [1.29, 1.82) is 0 Å². The predicted octanol–water partition coefficient (Wildman–Crippen LogP) is 1.07. The van der Waals surface area contributed by atoms with Crippen LogP contribution in [0, 0.1) is 0 Å². The van der Waals surface area contributed by atoms with Gasteiger partial charge in [0.1, 0.15) is 17.6 Å². The van der Waals surface area contributed by atoms with Crippen LogP contribution in [-0.2, 0) is 0 Å². The van der Waals surface area contributed by atoms with Gasteiger partial charge in [-0.3, -0.25) is 0 Å². The van der Waals surface area contributed by atoms with Crippen LogP contribution in [0.5, 0.6) is 11.5 Å². The number of rotatable bonds is 5. The first-order valence-corrected chi connectivity index (χ1v) is 5.30. The second kappa shape index (κ2) is 6.09. The molecule has 2 atom stereocenters. The van der Waals surface area contributed by atoms with E-state index >= 15 is 0 Å². The third kappa shape index (κ3) is 4.58. The van der Waals surface area contributed by atoms with Gasteiger partial charge in [-0.25, -0.2) is 0 Å². The van der Waals surface area contributed by atoms with Crippen LogP contribution in [0.15, 0.2) is 18.2 Å². The van der Waals surface area contributed by atoms with Crippen molar-refractivity contribution in [3.05, 3.63) is 23.8 Å². The van der Waals surface area contributed by atoms with E-state index in [1.54, 1.807) is 0 Å². The van der Waals surface area contributed by atoms with Crippen LogP contribution in [0.3, 0.4) is 0 Å². The maximum atomic E-state index is 11.9. The minimum absolute atomic E-state index is 0.137. The number of alkyl halides is 3. The fourth-order valence-corrected chi connectivity index (χ4v) is 1.47. The zero-order chi connectivity index (χ0) is 14.6. The van der Waals surface area contributed by atoms with Crippen molar-refractivity contribution in [3.8, 4) is 11.5 Å². The monoisotopic (exact) mass is 282 g/mol. The zero-order valence-corrected chi connectivity index (χ0v) is 9.63. The number of hydrogen-bond donors (Lipinski definition) is 4. The molecule has 1 rings (SSSR count). The van der Waals surface area contributed by atoms with Gasteiger partial charge in [-0.15, -0.1) is 13.2 Å². The molecular weight excluding hydrogens is 269 g/mol. The summed E-state index contributed by atoms with van der Waals surface area (Å²) in [5.41, 5.74) is -0.157. The van der Waals surface area contributed by atoms with Gasteiger partial charge in [-0.2, -0.15) is 0 Å². The Kier molecular flexibility index (Phi) is 4.98. The number of benzene rings is 1. The lowest BCUT2D eigenvalue weighted by atomic mass is 10.0. The molecule has 4 N–H and O–H groups in total. The Labute approximate surface area is 106 Å². The van der Waals surface area contributed by atoms with E-state index in [2.05, 4.69) is 4.74 Å². The van der Waals surface area contributed by atoms with Gasteiger partial charge in [-0.05, 0) is 18.6 Å². The summed E-state index contributed by atoms with van der Waals surface area (Å²) < 4.78 is 39.4. The normalized spacial score (nSPS) is 15.1. The molecular formula is C11H13F3O5. The summed E-state index contributed by atoms with van der Waals surface area (Å²) in [6.07, 6.45) is -7.89. The number of aliphatic hydroxyl groups excluding tert-OH is 3. The molecule has 0 aliphatic rings. The van der Waals surface area contributed by atoms with Gasteiger partial charge in [0, 0.05) is 18.2 Å². The van der Waals surface area contributed by atoms with Gasteiger partial charge in [-0.1, -0.05) is 0 Å². The summed E-state index contributed by atoms with van der Waals surface area (Å²) in [5, 5.41) is 37.1. The summed E-state index contributed by atoms with van der Waals surface area (Å²) in [6, 6.07) is 2.58. The standard InChI is InChI=1S/C11H13F3O5/c12-11(13,14)19-6-1-2-7(9(17)5-6)10(18)8(16)3-4-15/h1-2,5,8,10,15-18H,3-4H2. The molecule has 0 bridgehead atoms. The van der Waals surface area contributed by atoms with Crippen molar-refractivity contribution in [2.75, 3.05) is 6.61 Å². The topological polar surface area (TPSA) is 90.2 Å². The molecule has 2 unspecified atom stereocenters. The van der Waals surface area contributed by atoms with Crippen LogP contribution in [0.1, 0.15) is 18.1 Å². The first kappa shape index (κ1) is 15.5. The number of phenols is 1. The van der Waals surface area contributed by atoms with Gasteiger partial charge in [0.15, 0.2) is 0 Å². The Bertz CT molecular complexity index is 421. The Morgan fingerprint density at radius 3 is 2.32 bits per heavy atom. The summed E-state index contributed by atoms with van der Waals surface area (Å²) in [4.78, 5) is 0. The van der Waals surface area contributed by atoms with Gasteiger partial charge in [0.05, 0.1) is 6.10 Å². The number of halogens is 3. The summed E-state index contributed by atoms with van der Waals surface area (Å²) in [5.74, 6) is -1.29. The number of phenolic OH excluding ortho intramolecular Hbond substituents is 1. The SMILES string of the molecule is OCCC(O)C(O)c1ccc(OC(F)(F)F)cc1O. The number of ether oxygens (including phenoxy) is 1. The maximum Gasteiger partial charge on any atom is 0.573 e. The fraction of sp³-hybridized carbons (Fsp3) is 0.455. The minimum Gasteiger partial charge on any atom is -0.507 e. The van der Waals surface area contributed by atoms with Crippen LogP contribution >= 0.6 is 0 Å². The summed E-state index contributed by atoms with van der Waals surface area (Å²) in [6.45, 7) is -0.381. The molecule has 108 valence electrons. The highest BCUT2D eigenvalue weighted by Gasteiger charge is 2.31. The van der Waals surface area contributed by atoms with Crippen molar-refractivity contribution in [1.82, 2.24) is 0 Å². The average Bonchev–Trinajstić information content (AvgIpc) is 2.26. The molecule has 0 aromatic heterocycles. The molecule has 0 aliphatic heterocycles. The lowest BCUT2D eigenvalue weighted by Gasteiger charge is -2.19. The van der Waals surface area contributed by atoms with E-state index in [0.717, 1.165) is 12.1 Å². The summed E-state index contributed by atoms with van der Waals surface area (Å²) in [7, 11) is 0. The molecule has 19 heavy (non-hydrogen) atoms. The molecule has 1 aromatic rings. The van der Waals surface area contributed by atoms with E-state index in [0.29, 0.717) is 6.07 Å². The molecule has 0 radical (unpaired) electrons. The third-order valence-electron chi connectivity index (χ3n) is 2.34. The van der Waals surface area contributed by atoms with Crippen LogP contribution in [-0.4, -0.2) is 39.5 Å². The highest BCUT2D eigenvalue weighted by Crippen LogP contribution is 2.32. The molecule has 0 saturated heterocycles. The summed E-state index contributed by atoms with van der Waals surface area (Å²) >= 11 is 0. The minimum atomic E-state index is -4.89. The molecule has 1 aromatic carbocycles. The molecule has 0 aliphatic carbocycles. The first-order valence-electron chi connectivity index (χ1n) is 5.30. The average molecular weight is 282 g/mol. The highest BCUT2D eigenvalue weighted by molar-refractivity contribution is 5.41. The van der Waals surface area contributed by atoms with E-state index < -0.39 is 30.1 Å². The second-order valence-electron chi connectivity index (χ2n) is 3.79. The smallest absolute Gasteiger partial charge is 0.507 e. The lowest BCUT2D eigenvalue weighted by Crippen LogP contribution is -2.20. The van der Waals surface area contributed by atoms with Crippen molar-refractivity contribution in [2.45, 2.75) is 25.0 Å². The van der Waals surface area contributed by atoms with Crippen LogP contribution in [0.25, 0.3) is 0 Å². The highest BCUT2D eigenvalue weighted by atomic mass is 19.4. The van der Waals surface area contributed by atoms with Crippen LogP contribution in [0.2, 0.25) is 0 Å². The molecule has 0 saturated carbocycles. The molecule has 0 heterocycles. The molecule has 0 spiro atoms. The van der Waals surface area contributed by atoms with Crippen molar-refractivity contribution in [3.63, 3.8) is 0 Å². The van der Waals surface area contributed by atoms with Gasteiger partial charge in [0.2, 0.25) is 0 Å². The Morgan fingerprint density at radius 1 is 1.21 bits per heavy atom. The molecule has 8 heteroatoms. The number of aromatic hydroxyl groups is 1. The van der Waals surface area contributed by atoms with Crippen molar-refractivity contribution < 1.29 is 38.3 Å². The number of aliphatic hydroxyl groups is 3. The first-order chi connectivity index (χ1) is 8.74. The van der Waals surface area contributed by atoms with Crippen molar-refractivity contribution in [2.24, 2.45) is 0 Å². The maximum absolute atomic E-state index is 11.9. The lowest BCUT2D eigenvalue weighted by molar-refractivity contribution is -0.274. The largest absolute Gasteiger partial charge is 0.573 e. The molecule has 5 nitrogen and oxygen atoms in total. The predicted molar refractivity (Wildman–Crippen MR) is 57.5 cm³/mol. The Balaban J connectivity index is 2.88. The zero-order valence-electron chi connectivity index (χ0n) is 9.63. The van der Waals surface area contributed by atoms with E-state index in [9.17, 15) is 28.5 Å². The quantitative estimate of drug-likeness (QED) is 0.648. The fourth-order valence-electron chi connectivity index (χ4n) is 1.47. The van der Waals surface area contributed by atoms with E-state index in [1.807, 2.05) is 0 Å². The molecule has 0 amide bonds. The van der Waals surface area contributed by atoms with Crippen LogP contribution in [0.4, 0.5) is 13.2 Å². The van der Waals surface area contributed by atoms with Gasteiger partial charge in [0.25, 0.3) is 0 Å². The Morgan fingerprint density at radius 2 is 1.84 bits per heavy atom. The van der Waals surface area contributed by atoms with E-state index in [-0.39, 0.29) is 18.6 Å². The van der Waals surface area contributed by atoms with E-state index in [4.69, 9.17) is 5.11 Å². The van der Waals surface area contributed by atoms with E-state index in [1.165, 1.54) is 0 Å². The van der Waals surface area contributed by atoms with Gasteiger partial charge >= 0.3 is 6.36 Å². The van der Waals surface area contributed by atoms with Crippen molar-refractivity contribution >= 4 is 0 Å².